The third-order valence-corrected chi connectivity index (χ3v) is 4.11. The smallest absolute Gasteiger partial charge is 0.238 e. The summed E-state index contributed by atoms with van der Waals surface area (Å²) in [5, 5.41) is 3.30. The molecular weight excluding hydrogens is 232 g/mol. The number of aryl methyl sites for hydroxylation is 1. The molecule has 0 aliphatic carbocycles. The molecule has 1 unspecified atom stereocenters. The molecule has 17 heavy (non-hydrogen) atoms. The molecule has 0 aromatic carbocycles. The first-order valence-corrected chi connectivity index (χ1v) is 6.98. The Morgan fingerprint density at radius 3 is 2.88 bits per heavy atom. The van der Waals surface area contributed by atoms with E-state index in [0.717, 1.165) is 13.0 Å². The molecule has 0 saturated carbocycles. The van der Waals surface area contributed by atoms with E-state index in [9.17, 15) is 4.79 Å². The maximum atomic E-state index is 11.8. The first kappa shape index (κ1) is 12.6. The van der Waals surface area contributed by atoms with Gasteiger partial charge in [0, 0.05) is 16.3 Å². The first-order chi connectivity index (χ1) is 8.08. The number of carbonyl (C=O) groups excluding carboxylic acids is 1. The summed E-state index contributed by atoms with van der Waals surface area (Å²) in [6, 6.07) is 4.24. The van der Waals surface area contributed by atoms with E-state index in [1.807, 2.05) is 4.90 Å². The number of nitrogens with zero attached hydrogens (tertiary/aromatic N) is 1. The molecule has 1 saturated heterocycles. The normalized spacial score (nSPS) is 20.6. The number of amides is 1. The molecule has 1 amide bonds. The lowest BCUT2D eigenvalue weighted by Crippen LogP contribution is -2.31. The van der Waals surface area contributed by atoms with Gasteiger partial charge in [0.15, 0.2) is 0 Å². The number of hydrogen-bond donors (Lipinski definition) is 1. The van der Waals surface area contributed by atoms with Crippen LogP contribution in [-0.2, 0) is 4.79 Å². The number of nitrogens with one attached hydrogen (secondary N) is 1. The van der Waals surface area contributed by atoms with E-state index in [0.29, 0.717) is 12.5 Å². The lowest BCUT2D eigenvalue weighted by atomic mass is 10.1. The van der Waals surface area contributed by atoms with E-state index >= 15 is 0 Å². The van der Waals surface area contributed by atoms with Crippen molar-refractivity contribution in [3.63, 3.8) is 0 Å². The third kappa shape index (κ3) is 2.87. The summed E-state index contributed by atoms with van der Waals surface area (Å²) in [5.74, 6) is 0.857. The van der Waals surface area contributed by atoms with Crippen LogP contribution >= 0.6 is 11.3 Å². The molecule has 2 heterocycles. The molecule has 0 radical (unpaired) electrons. The molecule has 1 atom stereocenters. The molecule has 1 aliphatic rings. The zero-order chi connectivity index (χ0) is 12.4. The molecule has 0 spiro atoms. The van der Waals surface area contributed by atoms with E-state index in [2.05, 4.69) is 38.2 Å². The van der Waals surface area contributed by atoms with E-state index in [4.69, 9.17) is 0 Å². The Kier molecular flexibility index (Phi) is 3.84. The van der Waals surface area contributed by atoms with Gasteiger partial charge in [-0.15, -0.1) is 11.3 Å². The number of rotatable bonds is 4. The lowest BCUT2D eigenvalue weighted by Gasteiger charge is -2.24. The largest absolute Gasteiger partial charge is 0.321 e. The predicted octanol–water partition coefficient (Wildman–Crippen LogP) is 2.53. The monoisotopic (exact) mass is 252 g/mol. The van der Waals surface area contributed by atoms with Crippen molar-refractivity contribution >= 4 is 17.2 Å². The van der Waals surface area contributed by atoms with Gasteiger partial charge in [0.2, 0.25) is 5.91 Å². The highest BCUT2D eigenvalue weighted by molar-refractivity contribution is 7.12. The Labute approximate surface area is 107 Å². The van der Waals surface area contributed by atoms with Crippen LogP contribution in [0, 0.1) is 12.8 Å². The minimum Gasteiger partial charge on any atom is -0.321 e. The Bertz CT molecular complexity index is 400. The van der Waals surface area contributed by atoms with E-state index < -0.39 is 0 Å². The second-order valence-corrected chi connectivity index (χ2v) is 6.32. The molecule has 2 rings (SSSR count). The minimum absolute atomic E-state index is 0.0972. The number of carbonyl (C=O) groups is 1. The van der Waals surface area contributed by atoms with Crippen molar-refractivity contribution in [2.45, 2.75) is 33.4 Å². The van der Waals surface area contributed by atoms with Gasteiger partial charge in [-0.2, -0.15) is 0 Å². The van der Waals surface area contributed by atoms with Crippen LogP contribution in [0.2, 0.25) is 0 Å². The fourth-order valence-electron chi connectivity index (χ4n) is 2.05. The predicted molar refractivity (Wildman–Crippen MR) is 71.0 cm³/mol. The third-order valence-electron chi connectivity index (χ3n) is 3.06. The highest BCUT2D eigenvalue weighted by Gasteiger charge is 2.31. The number of hydrogen-bond acceptors (Lipinski definition) is 3. The second-order valence-electron chi connectivity index (χ2n) is 5.00. The Morgan fingerprint density at radius 2 is 2.29 bits per heavy atom. The first-order valence-electron chi connectivity index (χ1n) is 6.17. The summed E-state index contributed by atoms with van der Waals surface area (Å²) < 4.78 is 0. The standard InChI is InChI=1S/C13H20N2OS/c1-9(2)6-7-15-12(16)8-14-13(15)11-5-4-10(3)17-11/h4-5,9,13-14H,6-8H2,1-3H3. The van der Waals surface area contributed by atoms with Crippen LogP contribution in [0.25, 0.3) is 0 Å². The second kappa shape index (κ2) is 5.19. The van der Waals surface area contributed by atoms with Crippen LogP contribution in [0.3, 0.4) is 0 Å². The summed E-state index contributed by atoms with van der Waals surface area (Å²) in [5.41, 5.74) is 0. The summed E-state index contributed by atoms with van der Waals surface area (Å²) in [4.78, 5) is 16.4. The van der Waals surface area contributed by atoms with Crippen LogP contribution in [0.5, 0.6) is 0 Å². The van der Waals surface area contributed by atoms with Crippen LogP contribution < -0.4 is 5.32 Å². The van der Waals surface area contributed by atoms with Crippen LogP contribution in [-0.4, -0.2) is 23.9 Å². The molecule has 3 nitrogen and oxygen atoms in total. The van der Waals surface area contributed by atoms with Gasteiger partial charge in [-0.1, -0.05) is 13.8 Å². The molecule has 4 heteroatoms. The molecule has 1 fully saturated rings. The average molecular weight is 252 g/mol. The Morgan fingerprint density at radius 1 is 1.53 bits per heavy atom. The van der Waals surface area contributed by atoms with Gasteiger partial charge in [-0.05, 0) is 31.4 Å². The van der Waals surface area contributed by atoms with Crippen molar-refractivity contribution < 1.29 is 4.79 Å². The van der Waals surface area contributed by atoms with Crippen LogP contribution in [0.15, 0.2) is 12.1 Å². The minimum atomic E-state index is 0.0972. The van der Waals surface area contributed by atoms with Gasteiger partial charge in [0.05, 0.1) is 6.54 Å². The fraction of sp³-hybridized carbons (Fsp3) is 0.615. The quantitative estimate of drug-likeness (QED) is 0.893. The van der Waals surface area contributed by atoms with Crippen molar-refractivity contribution in [3.05, 3.63) is 21.9 Å². The SMILES string of the molecule is Cc1ccc(C2NCC(=O)N2CCC(C)C)s1. The molecule has 1 aromatic rings. The molecular formula is C13H20N2OS. The lowest BCUT2D eigenvalue weighted by molar-refractivity contribution is -0.128. The molecule has 0 bridgehead atoms. The van der Waals surface area contributed by atoms with E-state index in [1.54, 1.807) is 11.3 Å². The van der Waals surface area contributed by atoms with Crippen molar-refractivity contribution in [2.24, 2.45) is 5.92 Å². The Balaban J connectivity index is 2.08. The van der Waals surface area contributed by atoms with Gasteiger partial charge in [0.25, 0.3) is 0 Å². The van der Waals surface area contributed by atoms with E-state index in [1.165, 1.54) is 9.75 Å². The molecule has 1 N–H and O–H groups in total. The van der Waals surface area contributed by atoms with Crippen molar-refractivity contribution in [2.75, 3.05) is 13.1 Å². The van der Waals surface area contributed by atoms with Gasteiger partial charge in [0.1, 0.15) is 6.17 Å². The zero-order valence-electron chi connectivity index (χ0n) is 10.7. The fourth-order valence-corrected chi connectivity index (χ4v) is 3.01. The van der Waals surface area contributed by atoms with Crippen molar-refractivity contribution in [3.8, 4) is 0 Å². The van der Waals surface area contributed by atoms with Gasteiger partial charge in [-0.25, -0.2) is 0 Å². The zero-order valence-corrected chi connectivity index (χ0v) is 11.5. The maximum Gasteiger partial charge on any atom is 0.238 e. The average Bonchev–Trinajstić information content (AvgIpc) is 2.82. The summed E-state index contributed by atoms with van der Waals surface area (Å²) in [6.07, 6.45) is 1.16. The topological polar surface area (TPSA) is 32.3 Å². The van der Waals surface area contributed by atoms with Crippen LogP contribution in [0.1, 0.15) is 36.2 Å². The number of thiophene rings is 1. The maximum absolute atomic E-state index is 11.8. The summed E-state index contributed by atoms with van der Waals surface area (Å²) >= 11 is 1.77. The van der Waals surface area contributed by atoms with E-state index in [-0.39, 0.29) is 12.1 Å². The Hall–Kier alpha value is -0.870. The highest BCUT2D eigenvalue weighted by Crippen LogP contribution is 2.28. The molecule has 94 valence electrons. The van der Waals surface area contributed by atoms with Crippen molar-refractivity contribution in [1.29, 1.82) is 0 Å². The molecule has 1 aliphatic heterocycles. The van der Waals surface area contributed by atoms with Gasteiger partial charge in [-0.3, -0.25) is 10.1 Å². The highest BCUT2D eigenvalue weighted by atomic mass is 32.1. The van der Waals surface area contributed by atoms with Gasteiger partial charge < -0.3 is 4.90 Å². The summed E-state index contributed by atoms with van der Waals surface area (Å²) in [7, 11) is 0. The summed E-state index contributed by atoms with van der Waals surface area (Å²) in [6.45, 7) is 7.81. The van der Waals surface area contributed by atoms with Gasteiger partial charge >= 0.3 is 0 Å². The molecule has 1 aromatic heterocycles. The van der Waals surface area contributed by atoms with Crippen LogP contribution in [0.4, 0.5) is 0 Å². The van der Waals surface area contributed by atoms with Crippen molar-refractivity contribution in [1.82, 2.24) is 10.2 Å².